The smallest absolute Gasteiger partial charge is 0.153 e. The second-order valence-electron chi connectivity index (χ2n) is 2.35. The minimum absolute atomic E-state index is 0.142. The van der Waals surface area contributed by atoms with E-state index >= 15 is 0 Å². The minimum Gasteiger partial charge on any atom is -0.298 e. The number of aromatic nitrogens is 2. The van der Waals surface area contributed by atoms with Gasteiger partial charge in [-0.3, -0.25) is 9.48 Å². The van der Waals surface area contributed by atoms with Gasteiger partial charge < -0.3 is 0 Å². The molecule has 0 saturated carbocycles. The highest BCUT2D eigenvalue weighted by molar-refractivity contribution is 5.73. The second-order valence-corrected chi connectivity index (χ2v) is 2.35. The molecule has 0 N–H and O–H groups in total. The molecule has 0 aliphatic carbocycles. The number of rotatable bonds is 3. The topological polar surface area (TPSA) is 34.9 Å². The van der Waals surface area contributed by atoms with E-state index in [0.717, 1.165) is 6.29 Å². The van der Waals surface area contributed by atoms with Crippen molar-refractivity contribution in [3.8, 4) is 0 Å². The molecule has 1 aromatic heterocycles. The number of carbonyl (C=O) groups excluding carboxylic acids is 1. The monoisotopic (exact) mass is 150 g/mol. The number of aldehydes is 1. The zero-order chi connectivity index (χ0) is 8.27. The van der Waals surface area contributed by atoms with Gasteiger partial charge in [-0.25, -0.2) is 0 Å². The molecule has 58 valence electrons. The normalized spacial score (nSPS) is 12.5. The molecule has 1 rings (SSSR count). The van der Waals surface area contributed by atoms with E-state index in [2.05, 4.69) is 11.7 Å². The van der Waals surface area contributed by atoms with Crippen LogP contribution in [0.2, 0.25) is 0 Å². The number of hydrogen-bond acceptors (Lipinski definition) is 2. The first kappa shape index (κ1) is 7.72. The molecule has 0 aliphatic rings. The Bertz CT molecular complexity index is 265. The molecule has 1 unspecified atom stereocenters. The van der Waals surface area contributed by atoms with E-state index in [-0.39, 0.29) is 6.04 Å². The number of allylic oxidation sites excluding steroid dienone is 1. The summed E-state index contributed by atoms with van der Waals surface area (Å²) in [7, 11) is 0. The molecule has 0 saturated heterocycles. The van der Waals surface area contributed by atoms with Gasteiger partial charge in [-0.1, -0.05) is 6.08 Å². The first-order chi connectivity index (χ1) is 5.27. The van der Waals surface area contributed by atoms with Gasteiger partial charge in [-0.15, -0.1) is 6.58 Å². The van der Waals surface area contributed by atoms with Gasteiger partial charge in [0.05, 0.1) is 17.8 Å². The lowest BCUT2D eigenvalue weighted by Crippen LogP contribution is -2.01. The minimum atomic E-state index is 0.142. The van der Waals surface area contributed by atoms with Gasteiger partial charge in [0.2, 0.25) is 0 Å². The van der Waals surface area contributed by atoms with Gasteiger partial charge in [-0.2, -0.15) is 5.10 Å². The maximum atomic E-state index is 10.3. The highest BCUT2D eigenvalue weighted by Gasteiger charge is 2.00. The molecule has 1 heterocycles. The Morgan fingerprint density at radius 2 is 2.55 bits per heavy atom. The predicted molar refractivity (Wildman–Crippen MR) is 42.5 cm³/mol. The lowest BCUT2D eigenvalue weighted by Gasteiger charge is -2.03. The highest BCUT2D eigenvalue weighted by Crippen LogP contribution is 2.04. The Labute approximate surface area is 65.3 Å². The summed E-state index contributed by atoms with van der Waals surface area (Å²) in [4.78, 5) is 10.3. The van der Waals surface area contributed by atoms with Crippen LogP contribution in [-0.2, 0) is 0 Å². The van der Waals surface area contributed by atoms with Crippen LogP contribution in [0.1, 0.15) is 23.3 Å². The maximum absolute atomic E-state index is 10.3. The molecular weight excluding hydrogens is 140 g/mol. The Morgan fingerprint density at radius 3 is 3.00 bits per heavy atom. The largest absolute Gasteiger partial charge is 0.298 e. The van der Waals surface area contributed by atoms with Crippen LogP contribution in [-0.4, -0.2) is 16.1 Å². The van der Waals surface area contributed by atoms with Gasteiger partial charge in [-0.05, 0) is 6.92 Å². The third-order valence-electron chi connectivity index (χ3n) is 1.52. The number of carbonyl (C=O) groups is 1. The van der Waals surface area contributed by atoms with Crippen molar-refractivity contribution in [1.82, 2.24) is 9.78 Å². The molecule has 0 aromatic carbocycles. The molecule has 1 atom stereocenters. The van der Waals surface area contributed by atoms with Crippen LogP contribution in [0.25, 0.3) is 0 Å². The Morgan fingerprint density at radius 1 is 1.82 bits per heavy atom. The van der Waals surface area contributed by atoms with Crippen molar-refractivity contribution in [3.63, 3.8) is 0 Å². The third-order valence-corrected chi connectivity index (χ3v) is 1.52. The lowest BCUT2D eigenvalue weighted by atomic mass is 10.3. The van der Waals surface area contributed by atoms with Crippen molar-refractivity contribution in [2.75, 3.05) is 0 Å². The standard InChI is InChI=1S/C8H10N2O/c1-3-7(2)10-5-8(6-11)4-9-10/h3-7H,1H2,2H3. The van der Waals surface area contributed by atoms with Crippen LogP contribution in [0.3, 0.4) is 0 Å². The Balaban J connectivity index is 2.87. The van der Waals surface area contributed by atoms with Crippen molar-refractivity contribution in [3.05, 3.63) is 30.6 Å². The van der Waals surface area contributed by atoms with E-state index in [1.54, 1.807) is 17.0 Å². The van der Waals surface area contributed by atoms with E-state index in [1.165, 1.54) is 6.20 Å². The fourth-order valence-electron chi connectivity index (χ4n) is 0.744. The summed E-state index contributed by atoms with van der Waals surface area (Å²) in [6.07, 6.45) is 5.77. The van der Waals surface area contributed by atoms with Crippen molar-refractivity contribution in [1.29, 1.82) is 0 Å². The summed E-state index contributed by atoms with van der Waals surface area (Å²) in [6, 6.07) is 0.142. The fraction of sp³-hybridized carbons (Fsp3) is 0.250. The summed E-state index contributed by atoms with van der Waals surface area (Å²) < 4.78 is 1.69. The maximum Gasteiger partial charge on any atom is 0.153 e. The molecule has 0 fully saturated rings. The predicted octanol–water partition coefficient (Wildman–Crippen LogP) is 1.44. The van der Waals surface area contributed by atoms with Crippen LogP contribution in [0.4, 0.5) is 0 Å². The van der Waals surface area contributed by atoms with Crippen molar-refractivity contribution in [2.24, 2.45) is 0 Å². The zero-order valence-electron chi connectivity index (χ0n) is 6.40. The van der Waals surface area contributed by atoms with Gasteiger partial charge >= 0.3 is 0 Å². The molecule has 0 bridgehead atoms. The summed E-state index contributed by atoms with van der Waals surface area (Å²) in [5, 5.41) is 3.97. The molecule has 3 nitrogen and oxygen atoms in total. The molecule has 0 radical (unpaired) electrons. The number of hydrogen-bond donors (Lipinski definition) is 0. The van der Waals surface area contributed by atoms with Gasteiger partial charge in [0.15, 0.2) is 6.29 Å². The number of nitrogens with zero attached hydrogens (tertiary/aromatic N) is 2. The molecule has 0 aliphatic heterocycles. The summed E-state index contributed by atoms with van der Waals surface area (Å²) in [6.45, 7) is 5.58. The lowest BCUT2D eigenvalue weighted by molar-refractivity contribution is 0.112. The summed E-state index contributed by atoms with van der Waals surface area (Å²) >= 11 is 0. The van der Waals surface area contributed by atoms with Gasteiger partial charge in [0, 0.05) is 6.20 Å². The van der Waals surface area contributed by atoms with Crippen LogP contribution in [0, 0.1) is 0 Å². The van der Waals surface area contributed by atoms with Crippen molar-refractivity contribution >= 4 is 6.29 Å². The second kappa shape index (κ2) is 3.14. The van der Waals surface area contributed by atoms with E-state index in [0.29, 0.717) is 5.56 Å². The van der Waals surface area contributed by atoms with Gasteiger partial charge in [0.25, 0.3) is 0 Å². The first-order valence-electron chi connectivity index (χ1n) is 3.40. The summed E-state index contributed by atoms with van der Waals surface area (Å²) in [5.74, 6) is 0. The molecule has 1 aromatic rings. The Hall–Kier alpha value is -1.38. The first-order valence-corrected chi connectivity index (χ1v) is 3.40. The van der Waals surface area contributed by atoms with E-state index in [1.807, 2.05) is 6.92 Å². The average molecular weight is 150 g/mol. The fourth-order valence-corrected chi connectivity index (χ4v) is 0.744. The average Bonchev–Trinajstić information content (AvgIpc) is 2.50. The molecule has 11 heavy (non-hydrogen) atoms. The van der Waals surface area contributed by atoms with Crippen molar-refractivity contribution in [2.45, 2.75) is 13.0 Å². The third kappa shape index (κ3) is 1.55. The van der Waals surface area contributed by atoms with Crippen LogP contribution in [0.5, 0.6) is 0 Å². The van der Waals surface area contributed by atoms with E-state index < -0.39 is 0 Å². The highest BCUT2D eigenvalue weighted by atomic mass is 16.1. The quantitative estimate of drug-likeness (QED) is 0.482. The zero-order valence-corrected chi connectivity index (χ0v) is 6.40. The van der Waals surface area contributed by atoms with Crippen molar-refractivity contribution < 1.29 is 4.79 Å². The molecule has 0 spiro atoms. The van der Waals surface area contributed by atoms with Crippen LogP contribution < -0.4 is 0 Å². The molecule has 0 amide bonds. The summed E-state index contributed by atoms with van der Waals surface area (Å²) in [5.41, 5.74) is 0.596. The molecular formula is C8H10N2O. The SMILES string of the molecule is C=CC(C)n1cc(C=O)cn1. The van der Waals surface area contributed by atoms with E-state index in [9.17, 15) is 4.79 Å². The van der Waals surface area contributed by atoms with E-state index in [4.69, 9.17) is 0 Å². The molecule has 3 heteroatoms. The van der Waals surface area contributed by atoms with Crippen LogP contribution >= 0.6 is 0 Å². The van der Waals surface area contributed by atoms with Gasteiger partial charge in [0.1, 0.15) is 0 Å². The van der Waals surface area contributed by atoms with Crippen LogP contribution in [0.15, 0.2) is 25.0 Å². The Kier molecular flexibility index (Phi) is 2.21.